The highest BCUT2D eigenvalue weighted by Gasteiger charge is 2.27. The fraction of sp³-hybridized carbons (Fsp3) is 0.400. The van der Waals surface area contributed by atoms with Gasteiger partial charge in [0.25, 0.3) is 5.91 Å². The van der Waals surface area contributed by atoms with Crippen molar-refractivity contribution in [2.45, 2.75) is 32.4 Å². The summed E-state index contributed by atoms with van der Waals surface area (Å²) in [5.41, 5.74) is 2.79. The van der Waals surface area contributed by atoms with Crippen LogP contribution < -0.4 is 4.74 Å². The number of nitrogens with zero attached hydrogens (tertiary/aromatic N) is 4. The van der Waals surface area contributed by atoms with Gasteiger partial charge in [0.2, 0.25) is 5.88 Å². The van der Waals surface area contributed by atoms with Crippen LogP contribution in [0.15, 0.2) is 24.7 Å². The molecule has 0 aromatic carbocycles. The van der Waals surface area contributed by atoms with Crippen LogP contribution in [0.5, 0.6) is 5.88 Å². The molecule has 4 rings (SSSR count). The van der Waals surface area contributed by atoms with Crippen molar-refractivity contribution in [3.63, 3.8) is 0 Å². The summed E-state index contributed by atoms with van der Waals surface area (Å²) >= 11 is 1.42. The summed E-state index contributed by atoms with van der Waals surface area (Å²) < 4.78 is 11.0. The van der Waals surface area contributed by atoms with Gasteiger partial charge in [-0.05, 0) is 37.0 Å². The van der Waals surface area contributed by atoms with E-state index in [1.807, 2.05) is 19.1 Å². The topological polar surface area (TPSA) is 77.4 Å². The number of aromatic nitrogens is 3. The maximum atomic E-state index is 13.1. The number of methoxy groups -OCH3 is 1. The number of fused-ring (bicyclic) bond motifs is 1. The Morgan fingerprint density at radius 1 is 1.39 bits per heavy atom. The minimum absolute atomic E-state index is 0.0104. The molecule has 7 nitrogen and oxygen atoms in total. The number of carbonyl (C=O) groups excluding carboxylic acids is 1. The fourth-order valence-corrected chi connectivity index (χ4v) is 4.67. The van der Waals surface area contributed by atoms with Gasteiger partial charge < -0.3 is 14.4 Å². The molecule has 0 aliphatic carbocycles. The van der Waals surface area contributed by atoms with Crippen molar-refractivity contribution in [3.05, 3.63) is 46.4 Å². The van der Waals surface area contributed by atoms with E-state index in [2.05, 4.69) is 15.0 Å². The van der Waals surface area contributed by atoms with Crippen molar-refractivity contribution < 1.29 is 14.3 Å². The third-order valence-electron chi connectivity index (χ3n) is 4.96. The predicted octanol–water partition coefficient (Wildman–Crippen LogP) is 3.53. The lowest BCUT2D eigenvalue weighted by Gasteiger charge is -2.17. The molecule has 3 aromatic rings. The molecule has 0 bridgehead atoms. The molecule has 1 aliphatic heterocycles. The lowest BCUT2D eigenvalue weighted by atomic mass is 10.1. The van der Waals surface area contributed by atoms with Gasteiger partial charge in [-0.2, -0.15) is 0 Å². The van der Waals surface area contributed by atoms with Crippen molar-refractivity contribution in [1.29, 1.82) is 0 Å². The Labute approximate surface area is 167 Å². The zero-order valence-corrected chi connectivity index (χ0v) is 17.0. The quantitative estimate of drug-likeness (QED) is 0.654. The average molecular weight is 398 g/mol. The molecule has 8 heteroatoms. The molecule has 0 radical (unpaired) electrons. The Hall–Kier alpha value is -2.58. The molecule has 146 valence electrons. The minimum atomic E-state index is -0.0328. The van der Waals surface area contributed by atoms with Gasteiger partial charge >= 0.3 is 0 Å². The summed E-state index contributed by atoms with van der Waals surface area (Å²) in [6.45, 7) is 3.19. The molecule has 3 aromatic heterocycles. The number of rotatable bonds is 5. The maximum Gasteiger partial charge on any atom is 0.264 e. The molecule has 0 N–H and O–H groups in total. The summed E-state index contributed by atoms with van der Waals surface area (Å²) in [5, 5.41) is 0.960. The van der Waals surface area contributed by atoms with Crippen LogP contribution in [0.4, 0.5) is 0 Å². The highest BCUT2D eigenvalue weighted by molar-refractivity contribution is 7.20. The Kier molecular flexibility index (Phi) is 5.23. The summed E-state index contributed by atoms with van der Waals surface area (Å²) in [5.74, 6) is 0.502. The van der Waals surface area contributed by atoms with Crippen LogP contribution in [0.25, 0.3) is 10.2 Å². The number of aryl methyl sites for hydroxylation is 1. The fourth-order valence-electron chi connectivity index (χ4n) is 3.52. The van der Waals surface area contributed by atoms with E-state index in [4.69, 9.17) is 9.47 Å². The van der Waals surface area contributed by atoms with Gasteiger partial charge in [0.15, 0.2) is 0 Å². The van der Waals surface area contributed by atoms with E-state index >= 15 is 0 Å². The van der Waals surface area contributed by atoms with E-state index in [-0.39, 0.29) is 12.0 Å². The summed E-state index contributed by atoms with van der Waals surface area (Å²) in [6, 6.07) is 3.72. The molecule has 1 unspecified atom stereocenters. The molecule has 1 aliphatic rings. The number of thiophene rings is 1. The lowest BCUT2D eigenvalue weighted by molar-refractivity contribution is 0.0789. The number of pyridine rings is 1. The van der Waals surface area contributed by atoms with Crippen LogP contribution in [-0.4, -0.2) is 46.5 Å². The predicted molar refractivity (Wildman–Crippen MR) is 107 cm³/mol. The first-order chi connectivity index (χ1) is 13.6. The molecule has 1 saturated heterocycles. The van der Waals surface area contributed by atoms with Crippen LogP contribution in [-0.2, 0) is 11.3 Å². The van der Waals surface area contributed by atoms with Crippen molar-refractivity contribution >= 4 is 27.5 Å². The van der Waals surface area contributed by atoms with Gasteiger partial charge in [-0.1, -0.05) is 0 Å². The molecule has 0 spiro atoms. The molecular formula is C20H22N4O3S. The maximum absolute atomic E-state index is 13.1. The van der Waals surface area contributed by atoms with Gasteiger partial charge in [0.05, 0.1) is 17.7 Å². The third kappa shape index (κ3) is 3.45. The van der Waals surface area contributed by atoms with Gasteiger partial charge in [-0.3, -0.25) is 4.79 Å². The Morgan fingerprint density at radius 3 is 3.00 bits per heavy atom. The zero-order valence-electron chi connectivity index (χ0n) is 16.1. The number of carbonyl (C=O) groups is 1. The number of ether oxygens (including phenoxy) is 2. The number of hydrogen-bond acceptors (Lipinski definition) is 7. The first-order valence-corrected chi connectivity index (χ1v) is 10.00. The van der Waals surface area contributed by atoms with Crippen molar-refractivity contribution in [3.8, 4) is 5.88 Å². The largest absolute Gasteiger partial charge is 0.481 e. The monoisotopic (exact) mass is 398 g/mol. The Morgan fingerprint density at radius 2 is 2.25 bits per heavy atom. The van der Waals surface area contributed by atoms with Gasteiger partial charge in [-0.15, -0.1) is 11.3 Å². The van der Waals surface area contributed by atoms with Crippen LogP contribution >= 0.6 is 11.3 Å². The van der Waals surface area contributed by atoms with Crippen molar-refractivity contribution in [2.24, 2.45) is 0 Å². The lowest BCUT2D eigenvalue weighted by Crippen LogP contribution is -2.26. The highest BCUT2D eigenvalue weighted by atomic mass is 32.1. The first kappa shape index (κ1) is 18.8. The van der Waals surface area contributed by atoms with Crippen molar-refractivity contribution in [1.82, 2.24) is 19.9 Å². The standard InChI is InChI=1S/C20H22N4O3S/c1-12-16-17(14-5-4-8-27-14)22-11-23-19(16)28-18(12)20(25)24(2)10-13-6-7-21-15(9-13)26-3/h6-7,9,11,14H,4-5,8,10H2,1-3H3. The first-order valence-electron chi connectivity index (χ1n) is 9.18. The summed E-state index contributed by atoms with van der Waals surface area (Å²) in [7, 11) is 3.37. The van der Waals surface area contributed by atoms with E-state index in [1.54, 1.807) is 31.6 Å². The molecule has 28 heavy (non-hydrogen) atoms. The van der Waals surface area contributed by atoms with Gasteiger partial charge in [0, 0.05) is 37.8 Å². The minimum Gasteiger partial charge on any atom is -0.481 e. The van der Waals surface area contributed by atoms with Crippen molar-refractivity contribution in [2.75, 3.05) is 20.8 Å². The van der Waals surface area contributed by atoms with E-state index in [0.717, 1.165) is 46.5 Å². The molecular weight excluding hydrogens is 376 g/mol. The zero-order chi connectivity index (χ0) is 19.7. The molecule has 1 fully saturated rings. The normalized spacial score (nSPS) is 16.5. The number of hydrogen-bond donors (Lipinski definition) is 0. The molecule has 4 heterocycles. The van der Waals surface area contributed by atoms with Crippen LogP contribution in [0, 0.1) is 6.92 Å². The Bertz CT molecular complexity index is 1010. The van der Waals surface area contributed by atoms with Crippen LogP contribution in [0.2, 0.25) is 0 Å². The average Bonchev–Trinajstić information content (AvgIpc) is 3.36. The van der Waals surface area contributed by atoms with E-state index in [1.165, 1.54) is 11.3 Å². The molecule has 0 saturated carbocycles. The summed E-state index contributed by atoms with van der Waals surface area (Å²) in [6.07, 6.45) is 5.22. The van der Waals surface area contributed by atoms with E-state index in [0.29, 0.717) is 17.3 Å². The number of amides is 1. The van der Waals surface area contributed by atoms with Gasteiger partial charge in [-0.25, -0.2) is 15.0 Å². The smallest absolute Gasteiger partial charge is 0.264 e. The Balaban J connectivity index is 1.63. The van der Waals surface area contributed by atoms with Crippen LogP contribution in [0.1, 0.15) is 45.4 Å². The molecule has 1 amide bonds. The molecule has 1 atom stereocenters. The third-order valence-corrected chi connectivity index (χ3v) is 6.15. The SMILES string of the molecule is COc1cc(CN(C)C(=O)c2sc3ncnc(C4CCCO4)c3c2C)ccn1. The van der Waals surface area contributed by atoms with E-state index in [9.17, 15) is 4.79 Å². The van der Waals surface area contributed by atoms with Crippen LogP contribution in [0.3, 0.4) is 0 Å². The van der Waals surface area contributed by atoms with Gasteiger partial charge in [0.1, 0.15) is 17.3 Å². The second kappa shape index (κ2) is 7.81. The second-order valence-electron chi connectivity index (χ2n) is 6.86. The summed E-state index contributed by atoms with van der Waals surface area (Å²) in [4.78, 5) is 29.3. The highest BCUT2D eigenvalue weighted by Crippen LogP contribution is 2.37. The van der Waals surface area contributed by atoms with E-state index < -0.39 is 0 Å². The second-order valence-corrected chi connectivity index (χ2v) is 7.86.